The average Bonchev–Trinajstić information content (AvgIpc) is 2.48. The van der Waals surface area contributed by atoms with Gasteiger partial charge in [0.25, 0.3) is 0 Å². The molecule has 0 atom stereocenters. The average molecular weight is 311 g/mol. The van der Waals surface area contributed by atoms with Crippen molar-refractivity contribution in [3.05, 3.63) is 29.8 Å². The van der Waals surface area contributed by atoms with Crippen LogP contribution in [0.4, 0.5) is 0 Å². The summed E-state index contributed by atoms with van der Waals surface area (Å²) in [5.74, 6) is -2.70. The summed E-state index contributed by atoms with van der Waals surface area (Å²) in [5.41, 5.74) is 1.62. The van der Waals surface area contributed by atoms with Crippen molar-refractivity contribution < 1.29 is 24.5 Å². The summed E-state index contributed by atoms with van der Waals surface area (Å²) < 4.78 is 5.59. The number of likely N-dealkylation sites (N-methyl/N-ethyl adjacent to an activating group) is 1. The standard InChI is InChI=1S/C14H23NO.C2H2O4/c1-5-14(2,3)12-6-8-13(9-7-12)16-11-10-15-4;3-1(4)2(5)6/h6-9,15H,5,10-11H2,1-4H3;(H,3,4)(H,5,6). The summed E-state index contributed by atoms with van der Waals surface area (Å²) in [4.78, 5) is 18.2. The van der Waals surface area contributed by atoms with Gasteiger partial charge in [0.15, 0.2) is 0 Å². The zero-order chi connectivity index (χ0) is 17.2. The third kappa shape index (κ3) is 7.64. The van der Waals surface area contributed by atoms with E-state index < -0.39 is 11.9 Å². The first-order valence-corrected chi connectivity index (χ1v) is 7.08. The third-order valence-corrected chi connectivity index (χ3v) is 3.32. The molecule has 0 aliphatic heterocycles. The largest absolute Gasteiger partial charge is 0.492 e. The van der Waals surface area contributed by atoms with Crippen LogP contribution in [0.1, 0.15) is 32.8 Å². The fourth-order valence-corrected chi connectivity index (χ4v) is 1.48. The van der Waals surface area contributed by atoms with Crippen LogP contribution in [0.15, 0.2) is 24.3 Å². The third-order valence-electron chi connectivity index (χ3n) is 3.32. The number of carbonyl (C=O) groups is 2. The predicted octanol–water partition coefficient (Wildman–Crippen LogP) is 2.13. The first-order valence-electron chi connectivity index (χ1n) is 7.08. The van der Waals surface area contributed by atoms with E-state index in [2.05, 4.69) is 50.4 Å². The highest BCUT2D eigenvalue weighted by Gasteiger charge is 2.17. The number of carboxylic acid groups (broad SMARTS) is 2. The van der Waals surface area contributed by atoms with Crippen molar-refractivity contribution in [1.29, 1.82) is 0 Å². The molecular weight excluding hydrogens is 286 g/mol. The number of hydrogen-bond donors (Lipinski definition) is 3. The van der Waals surface area contributed by atoms with Gasteiger partial charge in [0.1, 0.15) is 12.4 Å². The van der Waals surface area contributed by atoms with Crippen LogP contribution in [0.3, 0.4) is 0 Å². The number of ether oxygens (including phenoxy) is 1. The number of nitrogens with one attached hydrogen (secondary N) is 1. The van der Waals surface area contributed by atoms with Crippen molar-refractivity contribution in [2.24, 2.45) is 0 Å². The predicted molar refractivity (Wildman–Crippen MR) is 84.5 cm³/mol. The van der Waals surface area contributed by atoms with Gasteiger partial charge in [0, 0.05) is 6.54 Å². The van der Waals surface area contributed by atoms with E-state index in [0.29, 0.717) is 6.61 Å². The van der Waals surface area contributed by atoms with E-state index in [4.69, 9.17) is 24.5 Å². The maximum atomic E-state index is 9.10. The number of carboxylic acids is 2. The second kappa shape index (κ2) is 9.78. The lowest BCUT2D eigenvalue weighted by molar-refractivity contribution is -0.159. The van der Waals surface area contributed by atoms with Gasteiger partial charge in [-0.3, -0.25) is 0 Å². The van der Waals surface area contributed by atoms with Gasteiger partial charge in [0.2, 0.25) is 0 Å². The number of aliphatic carboxylic acids is 2. The lowest BCUT2D eigenvalue weighted by atomic mass is 9.82. The molecule has 0 fully saturated rings. The molecule has 6 heteroatoms. The van der Waals surface area contributed by atoms with E-state index in [0.717, 1.165) is 18.7 Å². The Hall–Kier alpha value is -2.08. The molecule has 6 nitrogen and oxygen atoms in total. The zero-order valence-corrected chi connectivity index (χ0v) is 13.5. The summed E-state index contributed by atoms with van der Waals surface area (Å²) >= 11 is 0. The molecule has 22 heavy (non-hydrogen) atoms. The fourth-order valence-electron chi connectivity index (χ4n) is 1.48. The maximum Gasteiger partial charge on any atom is 0.414 e. The van der Waals surface area contributed by atoms with Crippen LogP contribution >= 0.6 is 0 Å². The maximum absolute atomic E-state index is 9.10. The van der Waals surface area contributed by atoms with Crippen LogP contribution in [0.25, 0.3) is 0 Å². The van der Waals surface area contributed by atoms with Crippen molar-refractivity contribution >= 4 is 11.9 Å². The van der Waals surface area contributed by atoms with Crippen LogP contribution in [0.2, 0.25) is 0 Å². The highest BCUT2D eigenvalue weighted by molar-refractivity contribution is 6.27. The Morgan fingerprint density at radius 2 is 1.64 bits per heavy atom. The van der Waals surface area contributed by atoms with Crippen LogP contribution in [-0.2, 0) is 15.0 Å². The lowest BCUT2D eigenvalue weighted by Crippen LogP contribution is -2.16. The Morgan fingerprint density at radius 3 is 2.00 bits per heavy atom. The molecule has 0 amide bonds. The molecule has 0 saturated carbocycles. The van der Waals surface area contributed by atoms with Gasteiger partial charge in [-0.1, -0.05) is 32.9 Å². The van der Waals surface area contributed by atoms with Gasteiger partial charge in [-0.2, -0.15) is 0 Å². The van der Waals surface area contributed by atoms with Gasteiger partial charge in [-0.25, -0.2) is 9.59 Å². The van der Waals surface area contributed by atoms with Gasteiger partial charge < -0.3 is 20.3 Å². The van der Waals surface area contributed by atoms with Crippen molar-refractivity contribution in [2.75, 3.05) is 20.2 Å². The molecule has 0 heterocycles. The normalized spacial score (nSPS) is 10.4. The van der Waals surface area contributed by atoms with Crippen molar-refractivity contribution in [1.82, 2.24) is 5.32 Å². The Balaban J connectivity index is 0.000000626. The van der Waals surface area contributed by atoms with Crippen LogP contribution in [0, 0.1) is 0 Å². The molecule has 1 rings (SSSR count). The minimum Gasteiger partial charge on any atom is -0.492 e. The van der Waals surface area contributed by atoms with E-state index in [-0.39, 0.29) is 5.41 Å². The Labute approximate surface area is 131 Å². The quantitative estimate of drug-likeness (QED) is 0.550. The molecule has 124 valence electrons. The molecule has 0 aliphatic carbocycles. The van der Waals surface area contributed by atoms with Gasteiger partial charge in [-0.05, 0) is 36.6 Å². The summed E-state index contributed by atoms with van der Waals surface area (Å²) in [6.07, 6.45) is 1.15. The molecule has 3 N–H and O–H groups in total. The van der Waals surface area contributed by atoms with Crippen LogP contribution in [-0.4, -0.2) is 42.4 Å². The first kappa shape index (κ1) is 19.9. The second-order valence-corrected chi connectivity index (χ2v) is 5.32. The highest BCUT2D eigenvalue weighted by atomic mass is 16.5. The summed E-state index contributed by atoms with van der Waals surface area (Å²) in [6, 6.07) is 8.45. The molecule has 1 aromatic carbocycles. The number of hydrogen-bond acceptors (Lipinski definition) is 4. The topological polar surface area (TPSA) is 95.9 Å². The molecule has 0 unspecified atom stereocenters. The molecule has 0 bridgehead atoms. The molecule has 1 aromatic rings. The molecule has 0 aromatic heterocycles. The number of rotatable bonds is 6. The molecular formula is C16H25NO5. The highest BCUT2D eigenvalue weighted by Crippen LogP contribution is 2.27. The lowest BCUT2D eigenvalue weighted by Gasteiger charge is -2.23. The van der Waals surface area contributed by atoms with E-state index in [1.165, 1.54) is 5.56 Å². The molecule has 0 aliphatic rings. The van der Waals surface area contributed by atoms with Gasteiger partial charge in [0.05, 0.1) is 0 Å². The first-order chi connectivity index (χ1) is 10.2. The van der Waals surface area contributed by atoms with E-state index in [1.54, 1.807) is 0 Å². The Morgan fingerprint density at radius 1 is 1.14 bits per heavy atom. The van der Waals surface area contributed by atoms with Crippen molar-refractivity contribution in [3.8, 4) is 5.75 Å². The second-order valence-electron chi connectivity index (χ2n) is 5.32. The molecule has 0 saturated heterocycles. The summed E-state index contributed by atoms with van der Waals surface area (Å²) in [5, 5.41) is 17.8. The minimum atomic E-state index is -1.82. The monoisotopic (exact) mass is 311 g/mol. The summed E-state index contributed by atoms with van der Waals surface area (Å²) in [6.45, 7) is 8.35. The number of benzene rings is 1. The minimum absolute atomic E-state index is 0.253. The molecule has 0 radical (unpaired) electrons. The molecule has 0 spiro atoms. The van der Waals surface area contributed by atoms with Crippen molar-refractivity contribution in [2.45, 2.75) is 32.6 Å². The van der Waals surface area contributed by atoms with Crippen LogP contribution in [0.5, 0.6) is 5.75 Å². The van der Waals surface area contributed by atoms with Gasteiger partial charge in [-0.15, -0.1) is 0 Å². The summed E-state index contributed by atoms with van der Waals surface area (Å²) in [7, 11) is 1.93. The van der Waals surface area contributed by atoms with E-state index >= 15 is 0 Å². The SMILES string of the molecule is CCC(C)(C)c1ccc(OCCNC)cc1.O=C(O)C(=O)O. The smallest absolute Gasteiger partial charge is 0.414 e. The van der Waals surface area contributed by atoms with Crippen LogP contribution < -0.4 is 10.1 Å². The van der Waals surface area contributed by atoms with Gasteiger partial charge >= 0.3 is 11.9 Å². The Kier molecular flexibility index (Phi) is 8.86. The van der Waals surface area contributed by atoms with E-state index in [9.17, 15) is 0 Å². The van der Waals surface area contributed by atoms with E-state index in [1.807, 2.05) is 7.05 Å². The zero-order valence-electron chi connectivity index (χ0n) is 13.5. The fraction of sp³-hybridized carbons (Fsp3) is 0.500. The van der Waals surface area contributed by atoms with Crippen molar-refractivity contribution in [3.63, 3.8) is 0 Å². The Bertz CT molecular complexity index is 456.